The van der Waals surface area contributed by atoms with Crippen LogP contribution in [-0.2, 0) is 14.4 Å². The lowest BCUT2D eigenvalue weighted by atomic mass is 10.1. The largest absolute Gasteiger partial charge is 0.335 e. The summed E-state index contributed by atoms with van der Waals surface area (Å²) >= 11 is 0. The number of hydrogen-bond acceptors (Lipinski definition) is 6. The van der Waals surface area contributed by atoms with Crippen molar-refractivity contribution in [2.75, 3.05) is 10.2 Å². The van der Waals surface area contributed by atoms with E-state index < -0.39 is 29.7 Å². The molecule has 0 radical (unpaired) electrons. The summed E-state index contributed by atoms with van der Waals surface area (Å²) in [6.07, 6.45) is 0.969. The van der Waals surface area contributed by atoms with Crippen molar-refractivity contribution in [1.82, 2.24) is 10.7 Å². The minimum Gasteiger partial charge on any atom is -0.326 e. The van der Waals surface area contributed by atoms with Crippen LogP contribution < -0.4 is 21.0 Å². The van der Waals surface area contributed by atoms with Gasteiger partial charge in [0.1, 0.15) is 0 Å². The van der Waals surface area contributed by atoms with E-state index in [2.05, 4.69) is 21.2 Å². The molecule has 0 unspecified atom stereocenters. The second kappa shape index (κ2) is 8.99. The lowest BCUT2D eigenvalue weighted by Gasteiger charge is -2.28. The molecule has 3 N–H and O–H groups in total. The number of anilines is 2. The number of carbonyl (C=O) groups excluding carboxylic acids is 5. The molecule has 1 aliphatic rings. The zero-order valence-corrected chi connectivity index (χ0v) is 16.7. The first-order chi connectivity index (χ1) is 14.8. The Morgan fingerprint density at radius 2 is 1.81 bits per heavy atom. The van der Waals surface area contributed by atoms with Gasteiger partial charge in [0, 0.05) is 24.4 Å². The van der Waals surface area contributed by atoms with Crippen LogP contribution in [0.2, 0.25) is 0 Å². The molecular formula is C21H19N5O5. The van der Waals surface area contributed by atoms with Gasteiger partial charge in [-0.3, -0.25) is 24.5 Å². The number of imide groups is 2. The fourth-order valence-corrected chi connectivity index (χ4v) is 2.88. The van der Waals surface area contributed by atoms with E-state index in [1.807, 2.05) is 0 Å². The van der Waals surface area contributed by atoms with Crippen LogP contribution in [0.3, 0.4) is 0 Å². The quantitative estimate of drug-likeness (QED) is 0.382. The Hall–Kier alpha value is -4.34. The normalized spacial score (nSPS) is 16.3. The SMILES string of the molecule is CC(=O)Nc1ccc(C(=O)N/N=C\[C@H]2C(=O)NC(=O)N(c3cccc(C)c3)C2=O)cc1. The lowest BCUT2D eigenvalue weighted by molar-refractivity contribution is -0.131. The van der Waals surface area contributed by atoms with E-state index >= 15 is 0 Å². The van der Waals surface area contributed by atoms with Crippen LogP contribution in [0.15, 0.2) is 53.6 Å². The minimum absolute atomic E-state index is 0.240. The number of carbonyl (C=O) groups is 5. The van der Waals surface area contributed by atoms with Gasteiger partial charge in [0.15, 0.2) is 5.92 Å². The molecule has 1 heterocycles. The lowest BCUT2D eigenvalue weighted by Crippen LogP contribution is -2.58. The summed E-state index contributed by atoms with van der Waals surface area (Å²) in [5.74, 6) is -3.83. The zero-order chi connectivity index (χ0) is 22.5. The Morgan fingerprint density at radius 1 is 1.10 bits per heavy atom. The Labute approximate surface area is 177 Å². The number of hydrazone groups is 1. The number of hydrogen-bond donors (Lipinski definition) is 3. The number of nitrogens with zero attached hydrogens (tertiary/aromatic N) is 2. The molecule has 1 aliphatic heterocycles. The topological polar surface area (TPSA) is 137 Å². The van der Waals surface area contributed by atoms with Crippen LogP contribution in [0, 0.1) is 12.8 Å². The molecule has 0 saturated carbocycles. The number of barbiturate groups is 1. The van der Waals surface area contributed by atoms with E-state index in [1.54, 1.807) is 43.3 Å². The van der Waals surface area contributed by atoms with Gasteiger partial charge in [0.2, 0.25) is 11.8 Å². The maximum atomic E-state index is 12.7. The van der Waals surface area contributed by atoms with Gasteiger partial charge in [-0.05, 0) is 48.9 Å². The summed E-state index contributed by atoms with van der Waals surface area (Å²) in [4.78, 5) is 61.1. The summed E-state index contributed by atoms with van der Waals surface area (Å²) in [5, 5.41) is 8.39. The Balaban J connectivity index is 1.69. The van der Waals surface area contributed by atoms with Crippen molar-refractivity contribution >= 4 is 47.2 Å². The highest BCUT2D eigenvalue weighted by Gasteiger charge is 2.40. The summed E-state index contributed by atoms with van der Waals surface area (Å²) in [6, 6.07) is 11.9. The average molecular weight is 421 g/mol. The number of rotatable bonds is 5. The molecule has 6 amide bonds. The number of urea groups is 1. The van der Waals surface area contributed by atoms with Crippen molar-refractivity contribution in [3.63, 3.8) is 0 Å². The van der Waals surface area contributed by atoms with Crippen molar-refractivity contribution in [3.8, 4) is 0 Å². The summed E-state index contributed by atoms with van der Waals surface area (Å²) in [7, 11) is 0. The maximum absolute atomic E-state index is 12.7. The molecule has 3 rings (SSSR count). The van der Waals surface area contributed by atoms with E-state index in [4.69, 9.17) is 0 Å². The molecule has 2 aromatic rings. The molecule has 2 aromatic carbocycles. The molecule has 10 nitrogen and oxygen atoms in total. The highest BCUT2D eigenvalue weighted by atomic mass is 16.2. The molecule has 1 fully saturated rings. The summed E-state index contributed by atoms with van der Waals surface area (Å²) in [6.45, 7) is 3.17. The third-order valence-corrected chi connectivity index (χ3v) is 4.32. The summed E-state index contributed by atoms with van der Waals surface area (Å²) in [5.41, 5.74) is 4.15. The number of benzene rings is 2. The molecule has 10 heteroatoms. The highest BCUT2D eigenvalue weighted by molar-refractivity contribution is 6.32. The Kier molecular flexibility index (Phi) is 6.20. The average Bonchev–Trinajstić information content (AvgIpc) is 2.70. The van der Waals surface area contributed by atoms with Crippen LogP contribution in [0.5, 0.6) is 0 Å². The molecule has 1 atom stereocenters. The van der Waals surface area contributed by atoms with Gasteiger partial charge in [-0.1, -0.05) is 12.1 Å². The molecule has 1 saturated heterocycles. The van der Waals surface area contributed by atoms with Crippen LogP contribution in [0.1, 0.15) is 22.8 Å². The van der Waals surface area contributed by atoms with Crippen LogP contribution in [-0.4, -0.2) is 35.9 Å². The van der Waals surface area contributed by atoms with Crippen LogP contribution in [0.25, 0.3) is 0 Å². The molecular weight excluding hydrogens is 402 g/mol. The van der Waals surface area contributed by atoms with E-state index in [-0.39, 0.29) is 11.5 Å². The van der Waals surface area contributed by atoms with Gasteiger partial charge in [0.05, 0.1) is 5.69 Å². The van der Waals surface area contributed by atoms with Crippen molar-refractivity contribution in [3.05, 3.63) is 59.7 Å². The molecule has 0 spiro atoms. The molecule has 0 aromatic heterocycles. The second-order valence-corrected chi connectivity index (χ2v) is 6.76. The first-order valence-electron chi connectivity index (χ1n) is 9.23. The third kappa shape index (κ3) is 4.99. The van der Waals surface area contributed by atoms with Gasteiger partial charge in [-0.25, -0.2) is 15.1 Å². The van der Waals surface area contributed by atoms with Gasteiger partial charge in [0.25, 0.3) is 11.8 Å². The van der Waals surface area contributed by atoms with Crippen molar-refractivity contribution in [1.29, 1.82) is 0 Å². The fraction of sp³-hybridized carbons (Fsp3) is 0.143. The van der Waals surface area contributed by atoms with Gasteiger partial charge in [-0.15, -0.1) is 0 Å². The fourth-order valence-electron chi connectivity index (χ4n) is 2.88. The number of amides is 6. The van der Waals surface area contributed by atoms with Crippen LogP contribution >= 0.6 is 0 Å². The first kappa shape index (κ1) is 21.4. The number of nitrogens with one attached hydrogen (secondary N) is 3. The molecule has 0 aliphatic carbocycles. The van der Waals surface area contributed by atoms with Crippen LogP contribution in [0.4, 0.5) is 16.2 Å². The third-order valence-electron chi connectivity index (χ3n) is 4.32. The molecule has 0 bridgehead atoms. The number of aryl methyl sites for hydroxylation is 1. The molecule has 158 valence electrons. The van der Waals surface area contributed by atoms with E-state index in [1.165, 1.54) is 19.1 Å². The first-order valence-corrected chi connectivity index (χ1v) is 9.23. The Bertz CT molecular complexity index is 1090. The minimum atomic E-state index is -1.39. The maximum Gasteiger partial charge on any atom is 0.335 e. The van der Waals surface area contributed by atoms with Crippen molar-refractivity contribution in [2.45, 2.75) is 13.8 Å². The second-order valence-electron chi connectivity index (χ2n) is 6.76. The standard InChI is InChI=1S/C21H19N5O5/c1-12-4-3-5-16(10-12)26-20(30)17(19(29)24-21(26)31)11-22-25-18(28)14-6-8-15(9-7-14)23-13(2)27/h3-11,17H,1-2H3,(H,23,27)(H,25,28)(H,24,29,31)/b22-11-/t17-/m0/s1. The van der Waals surface area contributed by atoms with E-state index in [9.17, 15) is 24.0 Å². The van der Waals surface area contributed by atoms with E-state index in [0.29, 0.717) is 11.4 Å². The smallest absolute Gasteiger partial charge is 0.326 e. The monoisotopic (exact) mass is 421 g/mol. The predicted octanol–water partition coefficient (Wildman–Crippen LogP) is 1.57. The summed E-state index contributed by atoms with van der Waals surface area (Å²) < 4.78 is 0. The predicted molar refractivity (Wildman–Crippen MR) is 112 cm³/mol. The highest BCUT2D eigenvalue weighted by Crippen LogP contribution is 2.21. The molecule has 31 heavy (non-hydrogen) atoms. The van der Waals surface area contributed by atoms with Gasteiger partial charge < -0.3 is 5.32 Å². The Morgan fingerprint density at radius 3 is 2.45 bits per heavy atom. The van der Waals surface area contributed by atoms with Crippen molar-refractivity contribution < 1.29 is 24.0 Å². The zero-order valence-electron chi connectivity index (χ0n) is 16.7. The van der Waals surface area contributed by atoms with Gasteiger partial charge in [-0.2, -0.15) is 5.10 Å². The van der Waals surface area contributed by atoms with E-state index in [0.717, 1.165) is 16.7 Å². The van der Waals surface area contributed by atoms with Gasteiger partial charge >= 0.3 is 6.03 Å². The van der Waals surface area contributed by atoms with Crippen molar-refractivity contribution in [2.24, 2.45) is 11.0 Å².